The van der Waals surface area contributed by atoms with Gasteiger partial charge in [-0.2, -0.15) is 0 Å². The molecule has 0 saturated carbocycles. The van der Waals surface area contributed by atoms with Gasteiger partial charge in [0.05, 0.1) is 16.7 Å². The molecule has 0 atom stereocenters. The summed E-state index contributed by atoms with van der Waals surface area (Å²) >= 11 is 0. The molecule has 3 aromatic heterocycles. The van der Waals surface area contributed by atoms with Crippen LogP contribution in [0.15, 0.2) is 78.9 Å². The van der Waals surface area contributed by atoms with Crippen molar-refractivity contribution in [1.29, 1.82) is 0 Å². The molecule has 1 N–H and O–H groups in total. The SMILES string of the molecule is Cn1c(-c2cc(C(C)(C)C)cc3c2[n-]c2ccc(C(C)(C)C)cc23)nc2c(-c3ccc4cccc(O)c4n3)cccc21.[Pt]. The van der Waals surface area contributed by atoms with Crippen LogP contribution in [0, 0.1) is 0 Å². The first-order chi connectivity index (χ1) is 19.9. The van der Waals surface area contributed by atoms with Gasteiger partial charge in [0.15, 0.2) is 0 Å². The van der Waals surface area contributed by atoms with Crippen LogP contribution in [0.5, 0.6) is 5.75 Å². The fraction of sp³-hybridized carbons (Fsp3) is 0.243. The van der Waals surface area contributed by atoms with E-state index in [2.05, 4.69) is 95.6 Å². The van der Waals surface area contributed by atoms with E-state index in [-0.39, 0.29) is 37.6 Å². The molecule has 0 bridgehead atoms. The average Bonchev–Trinajstić information content (AvgIpc) is 3.49. The smallest absolute Gasteiger partial charge is 0.141 e. The molecule has 6 heteroatoms. The van der Waals surface area contributed by atoms with E-state index in [1.54, 1.807) is 6.07 Å². The van der Waals surface area contributed by atoms with Crippen molar-refractivity contribution in [2.75, 3.05) is 0 Å². The number of benzene rings is 4. The maximum absolute atomic E-state index is 10.5. The number of phenolic OH excluding ortho intramolecular Hbond substituents is 1. The van der Waals surface area contributed by atoms with Crippen LogP contribution < -0.4 is 4.98 Å². The normalized spacial score (nSPS) is 12.4. The van der Waals surface area contributed by atoms with Gasteiger partial charge in [-0.1, -0.05) is 96.1 Å². The summed E-state index contributed by atoms with van der Waals surface area (Å²) in [7, 11) is 2.07. The summed E-state index contributed by atoms with van der Waals surface area (Å²) < 4.78 is 2.17. The molecular weight excluding hydrogens is 712 g/mol. The molecule has 0 aliphatic heterocycles. The molecule has 0 fully saturated rings. The Balaban J connectivity index is 0.00000329. The van der Waals surface area contributed by atoms with E-state index in [4.69, 9.17) is 15.0 Å². The van der Waals surface area contributed by atoms with Crippen LogP contribution in [0.2, 0.25) is 0 Å². The first-order valence-electron chi connectivity index (χ1n) is 14.5. The first kappa shape index (κ1) is 29.1. The topological polar surface area (TPSA) is 65.0 Å². The number of hydrogen-bond donors (Lipinski definition) is 1. The van der Waals surface area contributed by atoms with Crippen LogP contribution >= 0.6 is 0 Å². The molecule has 0 amide bonds. The second-order valence-electron chi connectivity index (χ2n) is 13.5. The maximum Gasteiger partial charge on any atom is 0.141 e. The van der Waals surface area contributed by atoms with Gasteiger partial charge in [0.25, 0.3) is 0 Å². The van der Waals surface area contributed by atoms with E-state index in [9.17, 15) is 5.11 Å². The molecule has 0 aliphatic carbocycles. The fourth-order valence-electron chi connectivity index (χ4n) is 5.94. The molecule has 220 valence electrons. The molecule has 43 heavy (non-hydrogen) atoms. The van der Waals surface area contributed by atoms with Gasteiger partial charge in [-0.25, -0.2) is 9.97 Å². The summed E-state index contributed by atoms with van der Waals surface area (Å²) in [6, 6.07) is 26.9. The van der Waals surface area contributed by atoms with Gasteiger partial charge < -0.3 is 14.7 Å². The number of nitrogens with zero attached hydrogens (tertiary/aromatic N) is 4. The molecule has 0 saturated heterocycles. The van der Waals surface area contributed by atoms with Gasteiger partial charge in [-0.15, -0.1) is 11.0 Å². The Kier molecular flexibility index (Phi) is 6.82. The summed E-state index contributed by atoms with van der Waals surface area (Å²) in [5.41, 5.74) is 9.72. The fourth-order valence-corrected chi connectivity index (χ4v) is 5.94. The van der Waals surface area contributed by atoms with E-state index in [1.165, 1.54) is 16.5 Å². The van der Waals surface area contributed by atoms with E-state index in [0.717, 1.165) is 55.5 Å². The van der Waals surface area contributed by atoms with Gasteiger partial charge >= 0.3 is 0 Å². The van der Waals surface area contributed by atoms with Crippen molar-refractivity contribution in [1.82, 2.24) is 19.5 Å². The second-order valence-corrected chi connectivity index (χ2v) is 13.5. The molecule has 3 heterocycles. The van der Waals surface area contributed by atoms with Crippen molar-refractivity contribution in [3.8, 4) is 28.4 Å². The van der Waals surface area contributed by atoms with Crippen LogP contribution in [0.25, 0.3) is 66.4 Å². The summed E-state index contributed by atoms with van der Waals surface area (Å²) in [5, 5.41) is 13.7. The van der Waals surface area contributed by atoms with E-state index in [1.807, 2.05) is 30.3 Å². The number of aromatic nitrogens is 4. The number of imidazole rings is 1. The van der Waals surface area contributed by atoms with Crippen LogP contribution in [0.4, 0.5) is 0 Å². The van der Waals surface area contributed by atoms with Crippen LogP contribution in [0.3, 0.4) is 0 Å². The predicted molar refractivity (Wildman–Crippen MR) is 174 cm³/mol. The van der Waals surface area contributed by atoms with Crippen LogP contribution in [-0.4, -0.2) is 19.6 Å². The predicted octanol–water partition coefficient (Wildman–Crippen LogP) is 9.02. The zero-order valence-corrected chi connectivity index (χ0v) is 27.8. The number of aromatic hydroxyl groups is 1. The largest absolute Gasteiger partial charge is 0.656 e. The Morgan fingerprint density at radius 1 is 0.698 bits per heavy atom. The quantitative estimate of drug-likeness (QED) is 0.192. The summed E-state index contributed by atoms with van der Waals surface area (Å²) in [6.45, 7) is 13.5. The number of rotatable bonds is 2. The Bertz CT molecular complexity index is 2190. The second kappa shape index (κ2) is 10.1. The van der Waals surface area contributed by atoms with Crippen LogP contribution in [-0.2, 0) is 38.9 Å². The van der Waals surface area contributed by atoms with Gasteiger partial charge in [-0.3, -0.25) is 0 Å². The van der Waals surface area contributed by atoms with Gasteiger partial charge in [-0.05, 0) is 57.0 Å². The number of hydrogen-bond acceptors (Lipinski definition) is 3. The molecule has 0 unspecified atom stereocenters. The third-order valence-corrected chi connectivity index (χ3v) is 8.49. The molecule has 0 spiro atoms. The molecule has 0 aliphatic rings. The third-order valence-electron chi connectivity index (χ3n) is 8.49. The number of phenols is 1. The van der Waals surface area contributed by atoms with Gasteiger partial charge in [0, 0.05) is 44.6 Å². The van der Waals surface area contributed by atoms with Crippen molar-refractivity contribution < 1.29 is 26.2 Å². The number of para-hydroxylation sites is 2. The Morgan fingerprint density at radius 2 is 1.42 bits per heavy atom. The van der Waals surface area contributed by atoms with Crippen molar-refractivity contribution in [2.45, 2.75) is 52.4 Å². The zero-order valence-electron chi connectivity index (χ0n) is 25.6. The minimum atomic E-state index is -0.0546. The molecular formula is C37H35N4OPt-. The van der Waals surface area contributed by atoms with Gasteiger partial charge in [0.2, 0.25) is 0 Å². The van der Waals surface area contributed by atoms with E-state index < -0.39 is 0 Å². The third kappa shape index (κ3) is 4.75. The molecule has 7 aromatic rings. The Morgan fingerprint density at radius 3 is 2.16 bits per heavy atom. The summed E-state index contributed by atoms with van der Waals surface area (Å²) in [6.07, 6.45) is 0. The standard InChI is InChI=1S/C37H35N4O.Pt/c1-36(2,3)22-15-17-29-25(18-22)26-19-23(37(4,5)6)20-27(33(26)39-29)35-40-34-24(11-9-12-30(34)41(35)7)28-16-14-21-10-8-13-31(42)32(21)38-28;/h8-20H,1-7H3,(H-,38,39,40,42);/q-1;. The Hall–Kier alpha value is -3.95. The molecule has 0 radical (unpaired) electrons. The Labute approximate surface area is 266 Å². The minimum absolute atomic E-state index is 0. The van der Waals surface area contributed by atoms with Gasteiger partial charge in [0.1, 0.15) is 17.1 Å². The number of pyridine rings is 1. The maximum atomic E-state index is 10.5. The first-order valence-corrected chi connectivity index (χ1v) is 14.5. The van der Waals surface area contributed by atoms with E-state index >= 15 is 0 Å². The van der Waals surface area contributed by atoms with E-state index in [0.29, 0.717) is 5.52 Å². The van der Waals surface area contributed by atoms with Crippen LogP contribution in [0.1, 0.15) is 52.7 Å². The number of aryl methyl sites for hydroxylation is 1. The monoisotopic (exact) mass is 746 g/mol. The number of fused-ring (bicyclic) bond motifs is 5. The molecule has 4 aromatic carbocycles. The average molecular weight is 747 g/mol. The molecule has 7 rings (SSSR count). The van der Waals surface area contributed by atoms with Crippen molar-refractivity contribution in [2.24, 2.45) is 7.05 Å². The minimum Gasteiger partial charge on any atom is -0.656 e. The van der Waals surface area contributed by atoms with Crippen molar-refractivity contribution in [3.05, 3.63) is 90.0 Å². The van der Waals surface area contributed by atoms with Crippen molar-refractivity contribution in [3.63, 3.8) is 0 Å². The van der Waals surface area contributed by atoms with Crippen molar-refractivity contribution >= 4 is 43.7 Å². The summed E-state index contributed by atoms with van der Waals surface area (Å²) in [5.74, 6) is 1.05. The molecule has 5 nitrogen and oxygen atoms in total. The zero-order chi connectivity index (χ0) is 29.6. The summed E-state index contributed by atoms with van der Waals surface area (Å²) in [4.78, 5) is 15.3.